The van der Waals surface area contributed by atoms with Gasteiger partial charge in [-0.05, 0) is 30.0 Å². The molecule has 1 aliphatic rings. The van der Waals surface area contributed by atoms with Crippen LogP contribution < -0.4 is 5.73 Å². The summed E-state index contributed by atoms with van der Waals surface area (Å²) < 4.78 is 5.03. The highest BCUT2D eigenvalue weighted by atomic mass is 16.5. The Balaban J connectivity index is 1.75. The van der Waals surface area contributed by atoms with Crippen LogP contribution in [0.15, 0.2) is 54.6 Å². The van der Waals surface area contributed by atoms with Gasteiger partial charge in [0.15, 0.2) is 0 Å². The molecular formula is C21H23N3O2. The van der Waals surface area contributed by atoms with E-state index < -0.39 is 0 Å². The van der Waals surface area contributed by atoms with Crippen LogP contribution in [0.2, 0.25) is 0 Å². The summed E-state index contributed by atoms with van der Waals surface area (Å²) in [6, 6.07) is 17.9. The number of carbonyl (C=O) groups is 1. The number of benzene rings is 2. The maximum atomic E-state index is 12.4. The van der Waals surface area contributed by atoms with Crippen molar-refractivity contribution in [2.24, 2.45) is 5.73 Å². The molecule has 26 heavy (non-hydrogen) atoms. The molecule has 1 amide bonds. The largest absolute Gasteiger partial charge is 0.453 e. The number of aromatic nitrogens is 1. The number of methoxy groups -OCH3 is 1. The van der Waals surface area contributed by atoms with E-state index in [1.807, 2.05) is 30.3 Å². The number of carbonyl (C=O) groups excluding carboxylic acids is 1. The van der Waals surface area contributed by atoms with E-state index in [0.29, 0.717) is 13.0 Å². The van der Waals surface area contributed by atoms with E-state index in [9.17, 15) is 4.79 Å². The Morgan fingerprint density at radius 1 is 1.23 bits per heavy atom. The van der Waals surface area contributed by atoms with Crippen LogP contribution in [-0.2, 0) is 17.6 Å². The first-order valence-electron chi connectivity index (χ1n) is 8.92. The molecule has 0 aliphatic carbocycles. The Kier molecular flexibility index (Phi) is 4.39. The summed E-state index contributed by atoms with van der Waals surface area (Å²) in [7, 11) is 1.42. The molecule has 0 saturated heterocycles. The third kappa shape index (κ3) is 2.84. The number of nitrogens with one attached hydrogen (secondary N) is 1. The highest BCUT2D eigenvalue weighted by molar-refractivity contribution is 5.85. The fraction of sp³-hybridized carbons (Fsp3) is 0.286. The van der Waals surface area contributed by atoms with Gasteiger partial charge in [0, 0.05) is 29.2 Å². The number of para-hydroxylation sites is 1. The lowest BCUT2D eigenvalue weighted by molar-refractivity contribution is 0.0923. The first kappa shape index (κ1) is 16.7. The van der Waals surface area contributed by atoms with E-state index in [4.69, 9.17) is 10.5 Å². The van der Waals surface area contributed by atoms with Crippen LogP contribution in [0, 0.1) is 0 Å². The molecule has 0 spiro atoms. The summed E-state index contributed by atoms with van der Waals surface area (Å²) in [5.74, 6) is 0. The van der Waals surface area contributed by atoms with Gasteiger partial charge >= 0.3 is 6.09 Å². The molecule has 1 aromatic heterocycles. The number of rotatable bonds is 3. The quantitative estimate of drug-likeness (QED) is 0.761. The van der Waals surface area contributed by atoms with Crippen molar-refractivity contribution in [2.75, 3.05) is 13.7 Å². The van der Waals surface area contributed by atoms with E-state index >= 15 is 0 Å². The van der Waals surface area contributed by atoms with Crippen LogP contribution >= 0.6 is 0 Å². The Labute approximate surface area is 152 Å². The second-order valence-corrected chi connectivity index (χ2v) is 6.77. The monoisotopic (exact) mass is 349 g/mol. The van der Waals surface area contributed by atoms with Crippen molar-refractivity contribution in [3.63, 3.8) is 0 Å². The number of ether oxygens (including phenoxy) is 1. The highest BCUT2D eigenvalue weighted by Gasteiger charge is 2.37. The molecule has 2 heterocycles. The van der Waals surface area contributed by atoms with Crippen molar-refractivity contribution in [3.8, 4) is 0 Å². The van der Waals surface area contributed by atoms with Crippen molar-refractivity contribution in [2.45, 2.75) is 24.9 Å². The van der Waals surface area contributed by atoms with Crippen LogP contribution in [0.4, 0.5) is 4.79 Å². The van der Waals surface area contributed by atoms with Crippen molar-refractivity contribution in [1.29, 1.82) is 0 Å². The summed E-state index contributed by atoms with van der Waals surface area (Å²) in [5, 5.41) is 1.21. The summed E-state index contributed by atoms with van der Waals surface area (Å²) in [6.07, 6.45) is 1.15. The third-order valence-corrected chi connectivity index (χ3v) is 5.21. The number of nitrogens with zero attached hydrogens (tertiary/aromatic N) is 1. The van der Waals surface area contributed by atoms with Crippen molar-refractivity contribution < 1.29 is 9.53 Å². The summed E-state index contributed by atoms with van der Waals surface area (Å²) >= 11 is 0. The number of nitrogens with two attached hydrogens (primary N) is 1. The number of fused-ring (bicyclic) bond motifs is 3. The molecule has 134 valence electrons. The summed E-state index contributed by atoms with van der Waals surface area (Å²) in [5.41, 5.74) is 11.2. The zero-order chi connectivity index (χ0) is 18.1. The number of amides is 1. The molecule has 1 aliphatic heterocycles. The molecule has 4 rings (SSSR count). The van der Waals surface area contributed by atoms with Gasteiger partial charge in [-0.3, -0.25) is 4.90 Å². The summed E-state index contributed by atoms with van der Waals surface area (Å²) in [6.45, 7) is 0.606. The van der Waals surface area contributed by atoms with Gasteiger partial charge in [-0.15, -0.1) is 0 Å². The molecule has 0 unspecified atom stereocenters. The normalized spacial score (nSPS) is 17.8. The van der Waals surface area contributed by atoms with Gasteiger partial charge in [0.25, 0.3) is 0 Å². The molecular weight excluding hydrogens is 326 g/mol. The first-order valence-corrected chi connectivity index (χ1v) is 8.92. The Hall–Kier alpha value is -2.79. The van der Waals surface area contributed by atoms with Gasteiger partial charge in [0.2, 0.25) is 0 Å². The van der Waals surface area contributed by atoms with Crippen LogP contribution in [0.1, 0.15) is 22.9 Å². The minimum absolute atomic E-state index is 0.233. The van der Waals surface area contributed by atoms with E-state index in [1.165, 1.54) is 18.1 Å². The number of aromatic amines is 1. The van der Waals surface area contributed by atoms with E-state index in [1.54, 1.807) is 4.90 Å². The second-order valence-electron chi connectivity index (χ2n) is 6.77. The van der Waals surface area contributed by atoms with Crippen molar-refractivity contribution in [1.82, 2.24) is 9.88 Å². The van der Waals surface area contributed by atoms with Crippen LogP contribution in [0.5, 0.6) is 0 Å². The van der Waals surface area contributed by atoms with Crippen LogP contribution in [0.25, 0.3) is 10.9 Å². The Morgan fingerprint density at radius 2 is 1.96 bits per heavy atom. The molecule has 0 bridgehead atoms. The lowest BCUT2D eigenvalue weighted by Crippen LogP contribution is -2.48. The van der Waals surface area contributed by atoms with Gasteiger partial charge in [0.1, 0.15) is 0 Å². The number of hydrogen-bond acceptors (Lipinski definition) is 3. The molecule has 0 fully saturated rings. The SMILES string of the molecule is COC(=O)N1CCc2c([nH]c3ccccc23)[C@H]1[C@@H](N)Cc1ccccc1. The van der Waals surface area contributed by atoms with E-state index in [-0.39, 0.29) is 18.2 Å². The second kappa shape index (κ2) is 6.84. The summed E-state index contributed by atoms with van der Waals surface area (Å²) in [4.78, 5) is 17.7. The van der Waals surface area contributed by atoms with Gasteiger partial charge < -0.3 is 15.5 Å². The lowest BCUT2D eigenvalue weighted by Gasteiger charge is -2.38. The number of H-pyrrole nitrogens is 1. The third-order valence-electron chi connectivity index (χ3n) is 5.21. The topological polar surface area (TPSA) is 71.3 Å². The fourth-order valence-electron chi connectivity index (χ4n) is 4.04. The molecule has 3 N–H and O–H groups in total. The maximum Gasteiger partial charge on any atom is 0.410 e. The maximum absolute atomic E-state index is 12.4. The molecule has 0 saturated carbocycles. The van der Waals surface area contributed by atoms with Gasteiger partial charge in [0.05, 0.1) is 13.2 Å². The van der Waals surface area contributed by atoms with Crippen LogP contribution in [0.3, 0.4) is 0 Å². The molecule has 2 aromatic carbocycles. The lowest BCUT2D eigenvalue weighted by atomic mass is 9.90. The van der Waals surface area contributed by atoms with Crippen LogP contribution in [-0.4, -0.2) is 35.7 Å². The van der Waals surface area contributed by atoms with Gasteiger partial charge in [-0.1, -0.05) is 48.5 Å². The average molecular weight is 349 g/mol. The molecule has 0 radical (unpaired) electrons. The van der Waals surface area contributed by atoms with E-state index in [0.717, 1.165) is 23.2 Å². The molecule has 3 aromatic rings. The van der Waals surface area contributed by atoms with Crippen molar-refractivity contribution in [3.05, 3.63) is 71.4 Å². The minimum Gasteiger partial charge on any atom is -0.453 e. The minimum atomic E-state index is -0.331. The number of hydrogen-bond donors (Lipinski definition) is 2. The Bertz CT molecular complexity index is 919. The predicted molar refractivity (Wildman–Crippen MR) is 102 cm³/mol. The standard InChI is InChI=1S/C21H23N3O2/c1-26-21(25)24-12-11-16-15-9-5-6-10-18(15)23-19(16)20(24)17(22)13-14-7-3-2-4-8-14/h2-10,17,20,23H,11-13,22H2,1H3/t17-,20+/m0/s1. The Morgan fingerprint density at radius 3 is 2.73 bits per heavy atom. The predicted octanol–water partition coefficient (Wildman–Crippen LogP) is 3.40. The zero-order valence-corrected chi connectivity index (χ0v) is 14.8. The fourth-order valence-corrected chi connectivity index (χ4v) is 4.04. The molecule has 5 nitrogen and oxygen atoms in total. The van der Waals surface area contributed by atoms with Gasteiger partial charge in [-0.25, -0.2) is 4.79 Å². The highest BCUT2D eigenvalue weighted by Crippen LogP contribution is 2.36. The smallest absolute Gasteiger partial charge is 0.410 e. The van der Waals surface area contributed by atoms with E-state index in [2.05, 4.69) is 29.2 Å². The first-order chi connectivity index (χ1) is 12.7. The van der Waals surface area contributed by atoms with Gasteiger partial charge in [-0.2, -0.15) is 0 Å². The molecule has 2 atom stereocenters. The molecule has 5 heteroatoms. The zero-order valence-electron chi connectivity index (χ0n) is 14.8. The average Bonchev–Trinajstić information content (AvgIpc) is 3.06. The van der Waals surface area contributed by atoms with Crippen molar-refractivity contribution >= 4 is 17.0 Å².